The summed E-state index contributed by atoms with van der Waals surface area (Å²) in [4.78, 5) is 10.8. The topological polar surface area (TPSA) is 25.8 Å². The Morgan fingerprint density at radius 1 is 0.209 bits per heavy atom. The maximum atomic E-state index is 5.39. The molecular weight excluding hydrogens is 1040 g/mol. The molecule has 400 valence electrons. The Kier molecular flexibility index (Phi) is 11.7. The second-order valence-corrected chi connectivity index (χ2v) is 22.9. The lowest BCUT2D eigenvalue weighted by molar-refractivity contribution is 0.767. The number of benzene rings is 13. The monoisotopic (exact) mass is 1090 g/mol. The number of hydrogen-bond donors (Lipinski definition) is 0. The maximum Gasteiger partial charge on any atom is 0.0891 e. The van der Waals surface area contributed by atoms with E-state index in [1.807, 2.05) is 12.4 Å². The van der Waals surface area contributed by atoms with Crippen LogP contribution in [0.3, 0.4) is 0 Å². The van der Waals surface area contributed by atoms with Crippen molar-refractivity contribution in [3.63, 3.8) is 0 Å². The summed E-state index contributed by atoms with van der Waals surface area (Å²) in [6.45, 7) is 0. The first-order valence-corrected chi connectivity index (χ1v) is 29.9. The van der Waals surface area contributed by atoms with E-state index < -0.39 is 0 Å². The van der Waals surface area contributed by atoms with Crippen LogP contribution in [0, 0.1) is 0 Å². The van der Waals surface area contributed by atoms with Gasteiger partial charge in [0.25, 0.3) is 0 Å². The van der Waals surface area contributed by atoms with E-state index in [2.05, 4.69) is 303 Å². The van der Waals surface area contributed by atoms with Crippen LogP contribution in [-0.2, 0) is 0 Å². The van der Waals surface area contributed by atoms with Crippen molar-refractivity contribution in [3.8, 4) is 89.3 Å². The fourth-order valence-corrected chi connectivity index (χ4v) is 15.0. The largest absolute Gasteiger partial charge is 0.252 e. The van der Waals surface area contributed by atoms with E-state index in [4.69, 9.17) is 9.97 Å². The van der Waals surface area contributed by atoms with Crippen LogP contribution in [0.1, 0.15) is 45.2 Å². The van der Waals surface area contributed by atoms with Crippen molar-refractivity contribution in [2.75, 3.05) is 0 Å². The molecule has 2 atom stereocenters. The van der Waals surface area contributed by atoms with Crippen LogP contribution >= 0.6 is 0 Å². The molecule has 1 aromatic heterocycles. The quantitative estimate of drug-likeness (QED) is 0.136. The van der Waals surface area contributed by atoms with Crippen LogP contribution < -0.4 is 0 Å². The number of nitrogens with zero attached hydrogens (tertiary/aromatic N) is 2. The molecule has 0 spiro atoms. The molecule has 0 aliphatic heterocycles. The number of rotatable bonds is 10. The van der Waals surface area contributed by atoms with Gasteiger partial charge >= 0.3 is 0 Å². The third kappa shape index (κ3) is 7.73. The van der Waals surface area contributed by atoms with Crippen molar-refractivity contribution >= 4 is 43.8 Å². The molecule has 0 amide bonds. The Labute approximate surface area is 501 Å². The molecule has 0 bridgehead atoms. The molecule has 3 aliphatic carbocycles. The third-order valence-corrected chi connectivity index (χ3v) is 18.3. The van der Waals surface area contributed by atoms with Crippen molar-refractivity contribution in [2.45, 2.75) is 11.8 Å². The lowest BCUT2D eigenvalue weighted by atomic mass is 9.63. The lowest BCUT2D eigenvalue weighted by Gasteiger charge is -2.39. The Bertz CT molecular complexity index is 4790. The number of allylic oxidation sites excluding steroid dienone is 4. The summed E-state index contributed by atoms with van der Waals surface area (Å²) >= 11 is 0. The van der Waals surface area contributed by atoms with E-state index >= 15 is 0 Å². The number of hydrogen-bond acceptors (Lipinski definition) is 2. The first kappa shape index (κ1) is 49.5. The number of fused-ring (bicyclic) bond motifs is 6. The minimum atomic E-state index is 0.0211. The standard InChI is InChI=1S/C84H54N2/c1-9-27-53(28-10-1)71-73(55-31-13-3-14-32-55)77(59-39-21-7-22-40-59)83-67-49-47-61(63-43-25-45-65(79(63)67)81(83)75(71)57-35-17-5-18-36-57)69-51-86-70(52-85-69)62-48-50-68-80-64(62)44-26-46-66(80)82-76(58-37-19-6-20-38-58)72(54-29-11-2-12-30-54)74(56-33-15-4-16-34-56)78(84(68)82)60-41-23-8-24-42-60/h1-52,71,73H. The highest BCUT2D eigenvalue weighted by Gasteiger charge is 2.44. The van der Waals surface area contributed by atoms with E-state index in [1.165, 1.54) is 139 Å². The van der Waals surface area contributed by atoms with Gasteiger partial charge in [-0.05, 0) is 144 Å². The Morgan fingerprint density at radius 2 is 0.488 bits per heavy atom. The zero-order valence-electron chi connectivity index (χ0n) is 47.1. The predicted molar refractivity (Wildman–Crippen MR) is 359 cm³/mol. The molecule has 0 saturated heterocycles. The molecule has 86 heavy (non-hydrogen) atoms. The first-order valence-electron chi connectivity index (χ1n) is 29.9. The highest BCUT2D eigenvalue weighted by Crippen LogP contribution is 2.65. The van der Waals surface area contributed by atoms with Gasteiger partial charge in [-0.3, -0.25) is 9.97 Å². The smallest absolute Gasteiger partial charge is 0.0891 e. The second-order valence-electron chi connectivity index (χ2n) is 22.9. The summed E-state index contributed by atoms with van der Waals surface area (Å²) < 4.78 is 0. The molecular formula is C84H54N2. The molecule has 13 aromatic carbocycles. The fraction of sp³-hybridized carbons (Fsp3) is 0.0238. The van der Waals surface area contributed by atoms with Gasteiger partial charge in [-0.25, -0.2) is 0 Å². The van der Waals surface area contributed by atoms with Crippen molar-refractivity contribution in [1.82, 2.24) is 9.97 Å². The van der Waals surface area contributed by atoms with Gasteiger partial charge in [-0.15, -0.1) is 0 Å². The fourth-order valence-electron chi connectivity index (χ4n) is 15.0. The van der Waals surface area contributed by atoms with Gasteiger partial charge in [0, 0.05) is 23.0 Å². The van der Waals surface area contributed by atoms with Crippen LogP contribution in [0.25, 0.3) is 133 Å². The summed E-state index contributed by atoms with van der Waals surface area (Å²) in [6, 6.07) is 112. The molecule has 2 heteroatoms. The van der Waals surface area contributed by atoms with Gasteiger partial charge in [0.05, 0.1) is 23.8 Å². The summed E-state index contributed by atoms with van der Waals surface area (Å²) in [5, 5.41) is 4.81. The zero-order valence-corrected chi connectivity index (χ0v) is 47.1. The average Bonchev–Trinajstić information content (AvgIpc) is 1.61. The summed E-state index contributed by atoms with van der Waals surface area (Å²) in [6.07, 6.45) is 4.00. The molecule has 2 nitrogen and oxygen atoms in total. The molecule has 17 rings (SSSR count). The van der Waals surface area contributed by atoms with E-state index in [1.54, 1.807) is 0 Å². The van der Waals surface area contributed by atoms with Crippen LogP contribution in [-0.4, -0.2) is 9.97 Å². The highest BCUT2D eigenvalue weighted by atomic mass is 14.8. The van der Waals surface area contributed by atoms with Crippen LogP contribution in [0.4, 0.5) is 0 Å². The highest BCUT2D eigenvalue weighted by molar-refractivity contribution is 6.35. The van der Waals surface area contributed by atoms with E-state index in [9.17, 15) is 0 Å². The molecule has 0 saturated carbocycles. The van der Waals surface area contributed by atoms with Gasteiger partial charge in [-0.2, -0.15) is 0 Å². The lowest BCUT2D eigenvalue weighted by Crippen LogP contribution is -2.21. The van der Waals surface area contributed by atoms with Crippen molar-refractivity contribution < 1.29 is 0 Å². The molecule has 2 unspecified atom stereocenters. The normalized spacial score (nSPS) is 14.7. The van der Waals surface area contributed by atoms with Crippen molar-refractivity contribution in [2.24, 2.45) is 0 Å². The van der Waals surface area contributed by atoms with E-state index in [0.717, 1.165) is 27.9 Å². The molecule has 14 aromatic rings. The van der Waals surface area contributed by atoms with Crippen LogP contribution in [0.2, 0.25) is 0 Å². The summed E-state index contributed by atoms with van der Waals surface area (Å²) in [5.74, 6) is 0.0422. The Morgan fingerprint density at radius 3 is 0.860 bits per heavy atom. The van der Waals surface area contributed by atoms with Crippen molar-refractivity contribution in [3.05, 3.63) is 349 Å². The maximum absolute atomic E-state index is 5.39. The van der Waals surface area contributed by atoms with Gasteiger partial charge in [0.15, 0.2) is 0 Å². The van der Waals surface area contributed by atoms with Crippen molar-refractivity contribution in [1.29, 1.82) is 0 Å². The van der Waals surface area contributed by atoms with E-state index in [-0.39, 0.29) is 11.8 Å². The summed E-state index contributed by atoms with van der Waals surface area (Å²) in [7, 11) is 0. The SMILES string of the molecule is c1ccc(C2=C3C(=C(c4ccccc4)C(c4ccccc4)C2c2ccccc2)c2ccc(-c4cnc(-c5ccc6c7c(cccc57)-c5c(-c7ccccc7)c(-c7ccccc7)c(-c7ccccc7)c(-c7ccccc7)c5-6)cn4)c4cccc3c24)cc1. The minimum absolute atomic E-state index is 0.0211. The Balaban J connectivity index is 0.859. The van der Waals surface area contributed by atoms with Crippen LogP contribution in [0.15, 0.2) is 316 Å². The van der Waals surface area contributed by atoms with Gasteiger partial charge in [0.1, 0.15) is 0 Å². The van der Waals surface area contributed by atoms with Crippen LogP contribution in [0.5, 0.6) is 0 Å². The molecule has 0 radical (unpaired) electrons. The first-order chi connectivity index (χ1) is 42.8. The second kappa shape index (κ2) is 20.4. The minimum Gasteiger partial charge on any atom is -0.252 e. The molecule has 1 heterocycles. The van der Waals surface area contributed by atoms with Gasteiger partial charge in [-0.1, -0.05) is 303 Å². The zero-order chi connectivity index (χ0) is 56.7. The van der Waals surface area contributed by atoms with Gasteiger partial charge in [0.2, 0.25) is 0 Å². The molecule has 0 N–H and O–H groups in total. The number of aromatic nitrogens is 2. The average molecular weight is 1090 g/mol. The third-order valence-electron chi connectivity index (χ3n) is 18.3. The van der Waals surface area contributed by atoms with E-state index in [0.29, 0.717) is 0 Å². The molecule has 0 fully saturated rings. The predicted octanol–water partition coefficient (Wildman–Crippen LogP) is 21.8. The van der Waals surface area contributed by atoms with Gasteiger partial charge < -0.3 is 0 Å². The molecule has 3 aliphatic rings. The summed E-state index contributed by atoms with van der Waals surface area (Å²) in [5.41, 5.74) is 31.3. The Hall–Kier alpha value is -11.1.